The molecule has 2 N–H and O–H groups in total. The van der Waals surface area contributed by atoms with Gasteiger partial charge in [0.1, 0.15) is 5.76 Å². The molecule has 1 rings (SSSR count). The predicted molar refractivity (Wildman–Crippen MR) is 60.8 cm³/mol. The van der Waals surface area contributed by atoms with Crippen molar-refractivity contribution in [3.05, 3.63) is 17.0 Å². The van der Waals surface area contributed by atoms with E-state index in [0.717, 1.165) is 31.0 Å². The van der Waals surface area contributed by atoms with Crippen LogP contribution >= 0.6 is 0 Å². The Labute approximate surface area is 91.4 Å². The molecule has 0 aromatic carbocycles. The van der Waals surface area contributed by atoms with Gasteiger partial charge in [-0.1, -0.05) is 5.16 Å². The fourth-order valence-electron chi connectivity index (χ4n) is 1.74. The van der Waals surface area contributed by atoms with Crippen LogP contribution in [0.2, 0.25) is 0 Å². The number of nitrogens with two attached hydrogens (primary N) is 1. The van der Waals surface area contributed by atoms with Gasteiger partial charge in [-0.2, -0.15) is 0 Å². The maximum Gasteiger partial charge on any atom is 0.137 e. The molecule has 4 heteroatoms. The van der Waals surface area contributed by atoms with Crippen LogP contribution in [0.25, 0.3) is 0 Å². The minimum absolute atomic E-state index is 0.222. The molecule has 1 heterocycles. The minimum atomic E-state index is 0.222. The quantitative estimate of drug-likeness (QED) is 0.792. The molecule has 86 valence electrons. The van der Waals surface area contributed by atoms with Crippen LogP contribution in [0.3, 0.4) is 0 Å². The van der Waals surface area contributed by atoms with E-state index >= 15 is 0 Å². The van der Waals surface area contributed by atoms with E-state index in [0.29, 0.717) is 0 Å². The molecule has 0 spiro atoms. The summed E-state index contributed by atoms with van der Waals surface area (Å²) in [6, 6.07) is 0.222. The number of hydrogen-bond acceptors (Lipinski definition) is 4. The van der Waals surface area contributed by atoms with E-state index in [1.165, 1.54) is 5.56 Å². The van der Waals surface area contributed by atoms with Gasteiger partial charge in [0.05, 0.1) is 5.69 Å². The molecule has 1 aromatic rings. The average molecular weight is 211 g/mol. The van der Waals surface area contributed by atoms with Crippen LogP contribution in [0.1, 0.15) is 23.9 Å². The highest BCUT2D eigenvalue weighted by Gasteiger charge is 2.10. The summed E-state index contributed by atoms with van der Waals surface area (Å²) < 4.78 is 5.12. The molecule has 1 unspecified atom stereocenters. The predicted octanol–water partition coefficient (Wildman–Crippen LogP) is 1.11. The first-order valence-corrected chi connectivity index (χ1v) is 5.36. The van der Waals surface area contributed by atoms with Gasteiger partial charge in [0.2, 0.25) is 0 Å². The van der Waals surface area contributed by atoms with Crippen molar-refractivity contribution in [3.63, 3.8) is 0 Å². The highest BCUT2D eigenvalue weighted by Crippen LogP contribution is 2.12. The van der Waals surface area contributed by atoms with Crippen LogP contribution < -0.4 is 5.73 Å². The van der Waals surface area contributed by atoms with Crippen LogP contribution in [0.15, 0.2) is 4.52 Å². The second kappa shape index (κ2) is 5.28. The van der Waals surface area contributed by atoms with Gasteiger partial charge in [-0.05, 0) is 34.2 Å². The Balaban J connectivity index is 2.43. The summed E-state index contributed by atoms with van der Waals surface area (Å²) >= 11 is 0. The van der Waals surface area contributed by atoms with Crippen molar-refractivity contribution in [2.45, 2.75) is 33.2 Å². The molecule has 0 aliphatic rings. The summed E-state index contributed by atoms with van der Waals surface area (Å²) in [5, 5.41) is 3.94. The van der Waals surface area contributed by atoms with E-state index in [9.17, 15) is 0 Å². The smallest absolute Gasteiger partial charge is 0.137 e. The molecule has 1 aromatic heterocycles. The van der Waals surface area contributed by atoms with E-state index in [2.05, 4.69) is 17.1 Å². The van der Waals surface area contributed by atoms with Gasteiger partial charge in [0.25, 0.3) is 0 Å². The molecular formula is C11H21N3O. The molecule has 0 aliphatic heterocycles. The molecule has 4 nitrogen and oxygen atoms in total. The van der Waals surface area contributed by atoms with Crippen molar-refractivity contribution in [3.8, 4) is 0 Å². The zero-order valence-electron chi connectivity index (χ0n) is 10.1. The van der Waals surface area contributed by atoms with Gasteiger partial charge in [-0.15, -0.1) is 0 Å². The molecule has 0 saturated carbocycles. The van der Waals surface area contributed by atoms with Crippen LogP contribution in [-0.2, 0) is 6.42 Å². The molecule has 0 fully saturated rings. The Kier molecular flexibility index (Phi) is 4.29. The standard InChI is InChI=1S/C11H21N3O/c1-8(12)7-14(4)6-5-11-9(2)13-15-10(11)3/h8H,5-7,12H2,1-4H3. The maximum atomic E-state index is 5.73. The average Bonchev–Trinajstić information content (AvgIpc) is 2.42. The van der Waals surface area contributed by atoms with Gasteiger partial charge in [-0.3, -0.25) is 0 Å². The van der Waals surface area contributed by atoms with Crippen LogP contribution in [0.4, 0.5) is 0 Å². The van der Waals surface area contributed by atoms with Crippen LogP contribution in [-0.4, -0.2) is 36.2 Å². The van der Waals surface area contributed by atoms with Crippen molar-refractivity contribution < 1.29 is 4.52 Å². The number of likely N-dealkylation sites (N-methyl/N-ethyl adjacent to an activating group) is 1. The molecule has 0 aliphatic carbocycles. The van der Waals surface area contributed by atoms with E-state index in [1.54, 1.807) is 0 Å². The number of aryl methyl sites for hydroxylation is 2. The maximum absolute atomic E-state index is 5.73. The summed E-state index contributed by atoms with van der Waals surface area (Å²) in [4.78, 5) is 2.23. The van der Waals surface area contributed by atoms with E-state index in [-0.39, 0.29) is 6.04 Å². The van der Waals surface area contributed by atoms with Crippen LogP contribution in [0.5, 0.6) is 0 Å². The third kappa shape index (κ3) is 3.64. The van der Waals surface area contributed by atoms with Gasteiger partial charge >= 0.3 is 0 Å². The van der Waals surface area contributed by atoms with Crippen molar-refractivity contribution >= 4 is 0 Å². The molecule has 1 atom stereocenters. The van der Waals surface area contributed by atoms with Crippen molar-refractivity contribution in [1.29, 1.82) is 0 Å². The zero-order chi connectivity index (χ0) is 11.4. The minimum Gasteiger partial charge on any atom is -0.361 e. The largest absolute Gasteiger partial charge is 0.361 e. The molecule has 0 saturated heterocycles. The number of rotatable bonds is 5. The second-order valence-corrected chi connectivity index (χ2v) is 4.29. The zero-order valence-corrected chi connectivity index (χ0v) is 10.1. The SMILES string of the molecule is Cc1noc(C)c1CCN(C)CC(C)N. The highest BCUT2D eigenvalue weighted by atomic mass is 16.5. The Morgan fingerprint density at radius 2 is 2.13 bits per heavy atom. The lowest BCUT2D eigenvalue weighted by molar-refractivity contribution is 0.320. The Morgan fingerprint density at radius 1 is 1.47 bits per heavy atom. The van der Waals surface area contributed by atoms with Gasteiger partial charge in [0, 0.05) is 24.7 Å². The molecular weight excluding hydrogens is 190 g/mol. The summed E-state index contributed by atoms with van der Waals surface area (Å²) in [6.45, 7) is 7.87. The summed E-state index contributed by atoms with van der Waals surface area (Å²) in [6.07, 6.45) is 0.977. The van der Waals surface area contributed by atoms with E-state index < -0.39 is 0 Å². The van der Waals surface area contributed by atoms with Crippen molar-refractivity contribution in [1.82, 2.24) is 10.1 Å². The number of aromatic nitrogens is 1. The first kappa shape index (κ1) is 12.2. The lowest BCUT2D eigenvalue weighted by Gasteiger charge is -2.18. The fourth-order valence-corrected chi connectivity index (χ4v) is 1.74. The number of nitrogens with zero attached hydrogens (tertiary/aromatic N) is 2. The third-order valence-electron chi connectivity index (χ3n) is 2.52. The molecule has 0 radical (unpaired) electrons. The van der Waals surface area contributed by atoms with Gasteiger partial charge in [0.15, 0.2) is 0 Å². The number of hydrogen-bond donors (Lipinski definition) is 1. The Hall–Kier alpha value is -0.870. The lowest BCUT2D eigenvalue weighted by atomic mass is 10.1. The summed E-state index contributed by atoms with van der Waals surface area (Å²) in [5.41, 5.74) is 7.96. The van der Waals surface area contributed by atoms with E-state index in [4.69, 9.17) is 10.3 Å². The van der Waals surface area contributed by atoms with Crippen molar-refractivity contribution in [2.75, 3.05) is 20.1 Å². The first-order chi connectivity index (χ1) is 7.00. The first-order valence-electron chi connectivity index (χ1n) is 5.36. The van der Waals surface area contributed by atoms with Crippen LogP contribution in [0, 0.1) is 13.8 Å². The Bertz CT molecular complexity index is 287. The third-order valence-corrected chi connectivity index (χ3v) is 2.52. The molecule has 0 bridgehead atoms. The second-order valence-electron chi connectivity index (χ2n) is 4.29. The van der Waals surface area contributed by atoms with E-state index in [1.807, 2.05) is 20.8 Å². The Morgan fingerprint density at radius 3 is 2.60 bits per heavy atom. The normalized spacial score (nSPS) is 13.5. The molecule has 0 amide bonds. The monoisotopic (exact) mass is 211 g/mol. The molecule has 15 heavy (non-hydrogen) atoms. The topological polar surface area (TPSA) is 55.3 Å². The van der Waals surface area contributed by atoms with Gasteiger partial charge in [-0.25, -0.2) is 0 Å². The summed E-state index contributed by atoms with van der Waals surface area (Å²) in [5.74, 6) is 0.932. The lowest BCUT2D eigenvalue weighted by Crippen LogP contribution is -2.34. The summed E-state index contributed by atoms with van der Waals surface area (Å²) in [7, 11) is 2.08. The fraction of sp³-hybridized carbons (Fsp3) is 0.727. The van der Waals surface area contributed by atoms with Crippen molar-refractivity contribution in [2.24, 2.45) is 5.73 Å². The van der Waals surface area contributed by atoms with Gasteiger partial charge < -0.3 is 15.2 Å². The highest BCUT2D eigenvalue weighted by molar-refractivity contribution is 5.20.